The summed E-state index contributed by atoms with van der Waals surface area (Å²) in [5.74, 6) is -0.0610. The highest BCUT2D eigenvalue weighted by atomic mass is 35.5. The maximum Gasteiger partial charge on any atom is 0.251 e. The van der Waals surface area contributed by atoms with Crippen LogP contribution in [-0.4, -0.2) is 31.4 Å². The van der Waals surface area contributed by atoms with Crippen molar-refractivity contribution in [2.75, 3.05) is 23.4 Å². The van der Waals surface area contributed by atoms with Crippen molar-refractivity contribution < 1.29 is 9.59 Å². The Labute approximate surface area is 206 Å². The molecular weight excluding hydrogens is 446 g/mol. The average Bonchev–Trinajstić information content (AvgIpc) is 2.84. The Morgan fingerprint density at radius 1 is 1.03 bits per heavy atom. The lowest BCUT2D eigenvalue weighted by Gasteiger charge is -2.44. The van der Waals surface area contributed by atoms with Gasteiger partial charge in [-0.3, -0.25) is 9.59 Å². The van der Waals surface area contributed by atoms with Crippen molar-refractivity contribution in [3.05, 3.63) is 82.9 Å². The van der Waals surface area contributed by atoms with Crippen LogP contribution in [0.15, 0.2) is 66.7 Å². The molecule has 2 unspecified atom stereocenters. The van der Waals surface area contributed by atoms with Crippen molar-refractivity contribution in [3.63, 3.8) is 0 Å². The number of hydrogen-bond donors (Lipinski definition) is 1. The van der Waals surface area contributed by atoms with Crippen molar-refractivity contribution in [2.24, 2.45) is 0 Å². The largest absolute Gasteiger partial charge is 0.365 e. The van der Waals surface area contributed by atoms with E-state index >= 15 is 0 Å². The van der Waals surface area contributed by atoms with E-state index in [9.17, 15) is 9.59 Å². The highest BCUT2D eigenvalue weighted by Crippen LogP contribution is 2.43. The number of hydrogen-bond acceptors (Lipinski definition) is 3. The number of amides is 2. The average molecular weight is 476 g/mol. The van der Waals surface area contributed by atoms with Crippen molar-refractivity contribution >= 4 is 34.8 Å². The monoisotopic (exact) mass is 475 g/mol. The summed E-state index contributed by atoms with van der Waals surface area (Å²) < 4.78 is 0. The molecule has 0 aromatic heterocycles. The molecule has 0 fully saturated rings. The summed E-state index contributed by atoms with van der Waals surface area (Å²) in [4.78, 5) is 28.8. The molecule has 176 valence electrons. The topological polar surface area (TPSA) is 52.7 Å². The van der Waals surface area contributed by atoms with Gasteiger partial charge in [0.15, 0.2) is 0 Å². The quantitative estimate of drug-likeness (QED) is 0.486. The van der Waals surface area contributed by atoms with Crippen molar-refractivity contribution in [1.82, 2.24) is 5.32 Å². The number of nitrogens with zero attached hydrogens (tertiary/aromatic N) is 2. The molecule has 4 rings (SSSR count). The number of carbonyl (C=O) groups is 2. The van der Waals surface area contributed by atoms with Crippen molar-refractivity contribution in [2.45, 2.75) is 39.3 Å². The summed E-state index contributed by atoms with van der Waals surface area (Å²) in [6.07, 6.45) is 0.822. The highest BCUT2D eigenvalue weighted by Gasteiger charge is 2.35. The minimum Gasteiger partial charge on any atom is -0.365 e. The van der Waals surface area contributed by atoms with Gasteiger partial charge in [-0.25, -0.2) is 0 Å². The minimum absolute atomic E-state index is 0.0458. The maximum absolute atomic E-state index is 12.6. The first-order chi connectivity index (χ1) is 16.3. The molecule has 34 heavy (non-hydrogen) atoms. The SMILES string of the molecule is CCN(c1ccc(Cl)cc1)C1CC(C)N(C(C)=O)c2ccc(-c3ccc(C(=O)NC)cc3)cc21. The minimum atomic E-state index is -0.107. The molecular formula is C28H30ClN3O2. The zero-order chi connectivity index (χ0) is 24.4. The predicted octanol–water partition coefficient (Wildman–Crippen LogP) is 6.08. The van der Waals surface area contributed by atoms with Crippen LogP contribution in [0.3, 0.4) is 0 Å². The van der Waals surface area contributed by atoms with Gasteiger partial charge < -0.3 is 15.1 Å². The second-order valence-electron chi connectivity index (χ2n) is 8.68. The van der Waals surface area contributed by atoms with Gasteiger partial charge >= 0.3 is 0 Å². The van der Waals surface area contributed by atoms with E-state index in [4.69, 9.17) is 11.6 Å². The summed E-state index contributed by atoms with van der Waals surface area (Å²) in [7, 11) is 1.63. The molecule has 2 atom stereocenters. The van der Waals surface area contributed by atoms with E-state index in [0.717, 1.165) is 41.0 Å². The molecule has 0 bridgehead atoms. The van der Waals surface area contributed by atoms with Crippen LogP contribution in [0.5, 0.6) is 0 Å². The molecule has 1 aliphatic rings. The Kier molecular flexibility index (Phi) is 6.94. The van der Waals surface area contributed by atoms with Gasteiger partial charge in [0.1, 0.15) is 0 Å². The number of anilines is 2. The van der Waals surface area contributed by atoms with Crippen LogP contribution in [0.1, 0.15) is 49.2 Å². The summed E-state index contributed by atoms with van der Waals surface area (Å²) in [6, 6.07) is 22.0. The fourth-order valence-electron chi connectivity index (χ4n) is 4.96. The second-order valence-corrected chi connectivity index (χ2v) is 9.12. The van der Waals surface area contributed by atoms with Crippen molar-refractivity contribution in [1.29, 1.82) is 0 Å². The van der Waals surface area contributed by atoms with Crippen LogP contribution in [-0.2, 0) is 4.79 Å². The highest BCUT2D eigenvalue weighted by molar-refractivity contribution is 6.30. The molecule has 6 heteroatoms. The Bertz CT molecular complexity index is 1190. The van der Waals surface area contributed by atoms with Gasteiger partial charge in [0.25, 0.3) is 5.91 Å². The second kappa shape index (κ2) is 9.90. The number of fused-ring (bicyclic) bond motifs is 1. The first-order valence-corrected chi connectivity index (χ1v) is 12.0. The first kappa shape index (κ1) is 23.8. The van der Waals surface area contributed by atoms with Gasteiger partial charge in [-0.1, -0.05) is 29.8 Å². The lowest BCUT2D eigenvalue weighted by molar-refractivity contribution is -0.117. The Morgan fingerprint density at radius 3 is 2.26 bits per heavy atom. The smallest absolute Gasteiger partial charge is 0.251 e. The van der Waals surface area contributed by atoms with Crippen LogP contribution >= 0.6 is 11.6 Å². The third kappa shape index (κ3) is 4.53. The number of rotatable bonds is 5. The Morgan fingerprint density at radius 2 is 1.68 bits per heavy atom. The molecule has 0 saturated carbocycles. The fourth-order valence-corrected chi connectivity index (χ4v) is 5.09. The molecule has 2 amide bonds. The van der Waals surface area contributed by atoms with E-state index in [0.29, 0.717) is 10.6 Å². The Balaban J connectivity index is 1.80. The Hall–Kier alpha value is -3.31. The molecule has 5 nitrogen and oxygen atoms in total. The molecule has 3 aromatic carbocycles. The molecule has 1 aliphatic heterocycles. The summed E-state index contributed by atoms with van der Waals surface area (Å²) in [6.45, 7) is 6.71. The van der Waals surface area contributed by atoms with Gasteiger partial charge in [0, 0.05) is 48.5 Å². The van der Waals surface area contributed by atoms with E-state index in [-0.39, 0.29) is 23.9 Å². The molecule has 0 spiro atoms. The van der Waals surface area contributed by atoms with Crippen LogP contribution in [0, 0.1) is 0 Å². The third-order valence-corrected chi connectivity index (χ3v) is 6.83. The molecule has 1 N–H and O–H groups in total. The fraction of sp³-hybridized carbons (Fsp3) is 0.286. The summed E-state index contributed by atoms with van der Waals surface area (Å²) >= 11 is 6.14. The lowest BCUT2D eigenvalue weighted by atomic mass is 9.87. The van der Waals surface area contributed by atoms with Crippen molar-refractivity contribution in [3.8, 4) is 11.1 Å². The van der Waals surface area contributed by atoms with E-state index in [1.165, 1.54) is 0 Å². The molecule has 0 radical (unpaired) electrons. The van der Waals surface area contributed by atoms with E-state index < -0.39 is 0 Å². The summed E-state index contributed by atoms with van der Waals surface area (Å²) in [5, 5.41) is 3.37. The molecule has 3 aromatic rings. The predicted molar refractivity (Wildman–Crippen MR) is 140 cm³/mol. The summed E-state index contributed by atoms with van der Waals surface area (Å²) in [5.41, 5.74) is 5.88. The molecule has 0 aliphatic carbocycles. The zero-order valence-electron chi connectivity index (χ0n) is 20.0. The maximum atomic E-state index is 12.6. The van der Waals surface area contributed by atoms with Gasteiger partial charge in [-0.05, 0) is 85.5 Å². The van der Waals surface area contributed by atoms with Gasteiger partial charge in [-0.15, -0.1) is 0 Å². The number of nitrogens with one attached hydrogen (secondary N) is 1. The van der Waals surface area contributed by atoms with E-state index in [1.807, 2.05) is 41.3 Å². The van der Waals surface area contributed by atoms with Crippen LogP contribution < -0.4 is 15.1 Å². The third-order valence-electron chi connectivity index (χ3n) is 6.57. The van der Waals surface area contributed by atoms with Crippen LogP contribution in [0.2, 0.25) is 5.02 Å². The molecule has 0 saturated heterocycles. The van der Waals surface area contributed by atoms with E-state index in [2.05, 4.69) is 54.4 Å². The van der Waals surface area contributed by atoms with Crippen LogP contribution in [0.25, 0.3) is 11.1 Å². The first-order valence-electron chi connectivity index (χ1n) is 11.6. The number of benzene rings is 3. The lowest BCUT2D eigenvalue weighted by Crippen LogP contribution is -2.45. The number of halogens is 1. The number of carbonyl (C=O) groups excluding carboxylic acids is 2. The van der Waals surface area contributed by atoms with Gasteiger partial charge in [0.2, 0.25) is 5.91 Å². The van der Waals surface area contributed by atoms with Gasteiger partial charge in [0.05, 0.1) is 6.04 Å². The normalized spacial score (nSPS) is 17.1. The molecule has 1 heterocycles. The zero-order valence-corrected chi connectivity index (χ0v) is 20.8. The van der Waals surface area contributed by atoms with Crippen LogP contribution in [0.4, 0.5) is 11.4 Å². The standard InChI is InChI=1S/C28H30ClN3O2/c1-5-31(24-13-11-23(29)12-14-24)27-16-18(2)32(19(3)33)26-15-10-22(17-25(26)27)20-6-8-21(9-7-20)28(34)30-4/h6-15,17-18,27H,5,16H2,1-4H3,(H,30,34). The van der Waals surface area contributed by atoms with E-state index in [1.54, 1.807) is 14.0 Å². The van der Waals surface area contributed by atoms with Gasteiger partial charge in [-0.2, -0.15) is 0 Å².